The molecule has 0 unspecified atom stereocenters. The summed E-state index contributed by atoms with van der Waals surface area (Å²) in [4.78, 5) is 0. The molecule has 0 fully saturated rings. The highest BCUT2D eigenvalue weighted by molar-refractivity contribution is 7.03. The first-order valence-electron chi connectivity index (χ1n) is 5.11. The van der Waals surface area contributed by atoms with E-state index in [1.165, 1.54) is 11.5 Å². The van der Waals surface area contributed by atoms with Crippen LogP contribution in [-0.4, -0.2) is 19.4 Å². The maximum absolute atomic E-state index is 4.31. The van der Waals surface area contributed by atoms with Gasteiger partial charge in [0.05, 0.1) is 29.7 Å². The molecule has 0 spiro atoms. The van der Waals surface area contributed by atoms with Gasteiger partial charge in [-0.3, -0.25) is 4.68 Å². The van der Waals surface area contributed by atoms with E-state index in [-0.39, 0.29) is 5.54 Å². The zero-order valence-electron chi connectivity index (χ0n) is 9.64. The Kier molecular flexibility index (Phi) is 2.91. The summed E-state index contributed by atoms with van der Waals surface area (Å²) in [6, 6.07) is 0. The number of anilines is 1. The second-order valence-electron chi connectivity index (χ2n) is 4.59. The third-order valence-electron chi connectivity index (χ3n) is 2.15. The quantitative estimate of drug-likeness (QED) is 0.888. The van der Waals surface area contributed by atoms with E-state index < -0.39 is 0 Å². The smallest absolute Gasteiger partial charge is 0.0946 e. The molecule has 86 valence electrons. The van der Waals surface area contributed by atoms with Gasteiger partial charge in [0.1, 0.15) is 0 Å². The standard InChI is InChI=1S/C10H15N5S/c1-10(2,3)15-6-8(5-12-15)11-4-9-7-16-14-13-9/h5-7,11H,4H2,1-3H3. The summed E-state index contributed by atoms with van der Waals surface area (Å²) >= 11 is 1.36. The van der Waals surface area contributed by atoms with Gasteiger partial charge in [-0.25, -0.2) is 0 Å². The van der Waals surface area contributed by atoms with E-state index in [2.05, 4.69) is 40.8 Å². The Morgan fingerprint density at radius 1 is 1.44 bits per heavy atom. The highest BCUT2D eigenvalue weighted by atomic mass is 32.1. The highest BCUT2D eigenvalue weighted by Gasteiger charge is 2.13. The van der Waals surface area contributed by atoms with Gasteiger partial charge in [0.2, 0.25) is 0 Å². The lowest BCUT2D eigenvalue weighted by molar-refractivity contribution is 0.355. The Labute approximate surface area is 98.7 Å². The minimum absolute atomic E-state index is 0.0160. The first-order chi connectivity index (χ1) is 7.55. The molecule has 0 radical (unpaired) electrons. The van der Waals surface area contributed by atoms with E-state index >= 15 is 0 Å². The Morgan fingerprint density at radius 2 is 2.25 bits per heavy atom. The average Bonchev–Trinajstić information content (AvgIpc) is 2.85. The fraction of sp³-hybridized carbons (Fsp3) is 0.500. The molecule has 0 aliphatic heterocycles. The van der Waals surface area contributed by atoms with Gasteiger partial charge in [0.25, 0.3) is 0 Å². The topological polar surface area (TPSA) is 55.6 Å². The molecule has 6 heteroatoms. The zero-order valence-corrected chi connectivity index (χ0v) is 10.5. The summed E-state index contributed by atoms with van der Waals surface area (Å²) in [5.41, 5.74) is 1.97. The van der Waals surface area contributed by atoms with Gasteiger partial charge >= 0.3 is 0 Å². The van der Waals surface area contributed by atoms with Crippen LogP contribution in [0.3, 0.4) is 0 Å². The van der Waals surface area contributed by atoms with Crippen LogP contribution in [0.2, 0.25) is 0 Å². The van der Waals surface area contributed by atoms with Crippen molar-refractivity contribution in [2.75, 3.05) is 5.32 Å². The van der Waals surface area contributed by atoms with Crippen LogP contribution in [0.4, 0.5) is 5.69 Å². The molecule has 0 atom stereocenters. The molecule has 2 aromatic rings. The Balaban J connectivity index is 1.98. The van der Waals surface area contributed by atoms with Crippen molar-refractivity contribution in [3.8, 4) is 0 Å². The Hall–Kier alpha value is -1.43. The van der Waals surface area contributed by atoms with Crippen molar-refractivity contribution in [2.24, 2.45) is 0 Å². The van der Waals surface area contributed by atoms with Crippen LogP contribution >= 0.6 is 11.5 Å². The fourth-order valence-corrected chi connectivity index (χ4v) is 1.69. The summed E-state index contributed by atoms with van der Waals surface area (Å²) in [6.07, 6.45) is 3.82. The molecule has 2 rings (SSSR count). The lowest BCUT2D eigenvalue weighted by atomic mass is 10.1. The molecule has 2 aromatic heterocycles. The fourth-order valence-electron chi connectivity index (χ4n) is 1.23. The molecule has 0 bridgehead atoms. The van der Waals surface area contributed by atoms with Crippen molar-refractivity contribution in [1.29, 1.82) is 0 Å². The van der Waals surface area contributed by atoms with Gasteiger partial charge in [-0.1, -0.05) is 4.49 Å². The van der Waals surface area contributed by atoms with Gasteiger partial charge in [0.15, 0.2) is 0 Å². The Bertz CT molecular complexity index is 440. The summed E-state index contributed by atoms with van der Waals surface area (Å²) in [6.45, 7) is 7.04. The number of aromatic nitrogens is 4. The molecule has 0 aliphatic rings. The van der Waals surface area contributed by atoms with Gasteiger partial charge in [-0.05, 0) is 32.3 Å². The molecule has 2 heterocycles. The monoisotopic (exact) mass is 237 g/mol. The molecule has 0 amide bonds. The van der Waals surface area contributed by atoms with Crippen molar-refractivity contribution in [3.63, 3.8) is 0 Å². The summed E-state index contributed by atoms with van der Waals surface area (Å²) in [5, 5.41) is 13.5. The third-order valence-corrected chi connectivity index (χ3v) is 2.70. The summed E-state index contributed by atoms with van der Waals surface area (Å²) in [7, 11) is 0. The van der Waals surface area contributed by atoms with E-state index in [1.807, 2.05) is 22.5 Å². The SMILES string of the molecule is CC(C)(C)n1cc(NCc2csnn2)cn1. The van der Waals surface area contributed by atoms with Crippen molar-refractivity contribution >= 4 is 17.2 Å². The van der Waals surface area contributed by atoms with E-state index in [0.717, 1.165) is 11.4 Å². The molecule has 0 saturated heterocycles. The van der Waals surface area contributed by atoms with Crippen LogP contribution in [0.1, 0.15) is 26.5 Å². The molecule has 5 nitrogen and oxygen atoms in total. The summed E-state index contributed by atoms with van der Waals surface area (Å²) in [5.74, 6) is 0. The number of nitrogens with one attached hydrogen (secondary N) is 1. The van der Waals surface area contributed by atoms with Crippen LogP contribution in [0.25, 0.3) is 0 Å². The van der Waals surface area contributed by atoms with E-state index in [9.17, 15) is 0 Å². The van der Waals surface area contributed by atoms with E-state index in [4.69, 9.17) is 0 Å². The van der Waals surface area contributed by atoms with Crippen LogP contribution in [0, 0.1) is 0 Å². The van der Waals surface area contributed by atoms with Crippen molar-refractivity contribution in [1.82, 2.24) is 19.4 Å². The third kappa shape index (κ3) is 2.57. The van der Waals surface area contributed by atoms with Crippen LogP contribution in [0.5, 0.6) is 0 Å². The summed E-state index contributed by atoms with van der Waals surface area (Å²) < 4.78 is 5.75. The largest absolute Gasteiger partial charge is 0.377 e. The van der Waals surface area contributed by atoms with Gasteiger partial charge in [-0.2, -0.15) is 5.10 Å². The molecular weight excluding hydrogens is 222 g/mol. The van der Waals surface area contributed by atoms with Crippen molar-refractivity contribution < 1.29 is 0 Å². The van der Waals surface area contributed by atoms with Gasteiger partial charge < -0.3 is 5.32 Å². The lowest BCUT2D eigenvalue weighted by Gasteiger charge is -2.18. The first kappa shape index (κ1) is 11.1. The number of rotatable bonds is 3. The number of hydrogen-bond acceptors (Lipinski definition) is 5. The molecule has 0 aromatic carbocycles. The predicted octanol–water partition coefficient (Wildman–Crippen LogP) is 2.10. The highest BCUT2D eigenvalue weighted by Crippen LogP contribution is 2.16. The molecule has 1 N–H and O–H groups in total. The number of nitrogens with zero attached hydrogens (tertiary/aromatic N) is 4. The second-order valence-corrected chi connectivity index (χ2v) is 5.20. The first-order valence-corrected chi connectivity index (χ1v) is 5.94. The molecule has 0 saturated carbocycles. The van der Waals surface area contributed by atoms with Gasteiger partial charge in [0, 0.05) is 11.6 Å². The van der Waals surface area contributed by atoms with Crippen molar-refractivity contribution in [3.05, 3.63) is 23.5 Å². The normalized spacial score (nSPS) is 11.7. The number of hydrogen-bond donors (Lipinski definition) is 1. The van der Waals surface area contributed by atoms with Crippen molar-refractivity contribution in [2.45, 2.75) is 32.9 Å². The zero-order chi connectivity index (χ0) is 11.6. The van der Waals surface area contributed by atoms with Gasteiger partial charge in [-0.15, -0.1) is 5.10 Å². The minimum Gasteiger partial charge on any atom is -0.377 e. The maximum Gasteiger partial charge on any atom is 0.0946 e. The Morgan fingerprint density at radius 3 is 2.81 bits per heavy atom. The second kappa shape index (κ2) is 4.21. The molecule has 16 heavy (non-hydrogen) atoms. The minimum atomic E-state index is 0.0160. The van der Waals surface area contributed by atoms with Crippen LogP contribution in [0.15, 0.2) is 17.8 Å². The molecular formula is C10H15N5S. The predicted molar refractivity (Wildman–Crippen MR) is 64.5 cm³/mol. The van der Waals surface area contributed by atoms with Crippen LogP contribution in [-0.2, 0) is 12.1 Å². The van der Waals surface area contributed by atoms with Crippen LogP contribution < -0.4 is 5.32 Å². The average molecular weight is 237 g/mol. The molecule has 0 aliphatic carbocycles. The lowest BCUT2D eigenvalue weighted by Crippen LogP contribution is -2.21. The maximum atomic E-state index is 4.31. The van der Waals surface area contributed by atoms with E-state index in [0.29, 0.717) is 6.54 Å². The van der Waals surface area contributed by atoms with E-state index in [1.54, 1.807) is 0 Å².